The molecule has 0 aliphatic heterocycles. The highest BCUT2D eigenvalue weighted by Gasteiger charge is 2.22. The van der Waals surface area contributed by atoms with Crippen molar-refractivity contribution < 1.29 is 8.83 Å². The molecule has 0 bridgehead atoms. The molecule has 0 saturated carbocycles. The minimum Gasteiger partial charge on any atom is -0.455 e. The van der Waals surface area contributed by atoms with E-state index in [4.69, 9.17) is 8.83 Å². The van der Waals surface area contributed by atoms with Crippen LogP contribution in [0.25, 0.3) is 143 Å². The van der Waals surface area contributed by atoms with Gasteiger partial charge in [-0.05, 0) is 150 Å². The first-order chi connectivity index (χ1) is 49.6. The van der Waals surface area contributed by atoms with Gasteiger partial charge in [0, 0.05) is 77.9 Å². The van der Waals surface area contributed by atoms with Gasteiger partial charge in [-0.3, -0.25) is 0 Å². The fourth-order valence-corrected chi connectivity index (χ4v) is 14.6. The van der Waals surface area contributed by atoms with E-state index >= 15 is 0 Å². The number of para-hydroxylation sites is 4. The largest absolute Gasteiger partial charge is 0.455 e. The summed E-state index contributed by atoms with van der Waals surface area (Å²) in [6.45, 7) is 0. The first kappa shape index (κ1) is 59.2. The van der Waals surface area contributed by atoms with Crippen LogP contribution in [0.4, 0.5) is 34.1 Å². The second kappa shape index (κ2) is 25.7. The summed E-state index contributed by atoms with van der Waals surface area (Å²) in [7, 11) is 0. The van der Waals surface area contributed by atoms with Crippen LogP contribution in [0.5, 0.6) is 0 Å². The summed E-state index contributed by atoms with van der Waals surface area (Å²) in [4.78, 5) is 4.69. The second-order valence-corrected chi connectivity index (χ2v) is 25.5. The molecule has 0 spiro atoms. The van der Waals surface area contributed by atoms with Crippen molar-refractivity contribution in [3.05, 3.63) is 388 Å². The van der Waals surface area contributed by atoms with Gasteiger partial charge in [-0.25, -0.2) is 0 Å². The summed E-state index contributed by atoms with van der Waals surface area (Å²) in [5.41, 5.74) is 23.8. The Balaban J connectivity index is 0.000000145. The lowest BCUT2D eigenvalue weighted by molar-refractivity contribution is 0.670. The zero-order chi connectivity index (χ0) is 66.3. The van der Waals surface area contributed by atoms with E-state index in [1.54, 1.807) is 0 Å². The molecule has 0 atom stereocenters. The van der Waals surface area contributed by atoms with Gasteiger partial charge in [0.1, 0.15) is 22.3 Å². The van der Waals surface area contributed by atoms with Crippen molar-refractivity contribution >= 4 is 110 Å². The van der Waals surface area contributed by atoms with Crippen LogP contribution in [0.1, 0.15) is 0 Å². The van der Waals surface area contributed by atoms with Crippen molar-refractivity contribution in [1.82, 2.24) is 0 Å². The van der Waals surface area contributed by atoms with E-state index in [1.165, 1.54) is 60.1 Å². The third-order valence-corrected chi connectivity index (χ3v) is 19.5. The number of rotatable bonds is 12. The summed E-state index contributed by atoms with van der Waals surface area (Å²) in [5, 5.41) is 11.8. The highest BCUT2D eigenvalue weighted by Crippen LogP contribution is 2.46. The normalized spacial score (nSPS) is 11.4. The minimum absolute atomic E-state index is 0.895. The maximum absolute atomic E-state index is 6.93. The second-order valence-electron chi connectivity index (χ2n) is 25.5. The first-order valence-corrected chi connectivity index (χ1v) is 34.1. The first-order valence-electron chi connectivity index (χ1n) is 34.1. The Kier molecular flexibility index (Phi) is 15.2. The van der Waals surface area contributed by atoms with Crippen LogP contribution in [0.3, 0.4) is 0 Å². The lowest BCUT2D eigenvalue weighted by atomic mass is 9.96. The molecule has 0 fully saturated rings. The molecule has 0 saturated heterocycles. The smallest absolute Gasteiger partial charge is 0.143 e. The van der Waals surface area contributed by atoms with Crippen LogP contribution < -0.4 is 9.80 Å². The summed E-state index contributed by atoms with van der Waals surface area (Å²) >= 11 is 0. The standard InChI is InChI=1S/C50H33NO.C46H31NO/c1-2-12-34(13-3-1)36-26-29-40(30-27-36)51(42-31-28-35-14-4-5-16-38(35)32-42)41-19-8-18-39(33-41)44-21-10-24-47-48-25-11-23-46(50(48)52-49(44)47)45-22-9-17-37-15-6-7-20-43(37)45;1-3-12-32(13-4-1)34-24-27-38(28-25-34)47(40-29-26-33-14-7-8-17-36(33)30-40)39-19-9-18-37(31-39)42-21-11-23-44-43-22-10-20-41(45(43)48-46(42)44)35-15-5-2-6-16-35/h1-33H;1-31H. The van der Waals surface area contributed by atoms with E-state index in [-0.39, 0.29) is 0 Å². The van der Waals surface area contributed by atoms with Crippen molar-refractivity contribution in [2.24, 2.45) is 0 Å². The van der Waals surface area contributed by atoms with Crippen molar-refractivity contribution in [3.63, 3.8) is 0 Å². The summed E-state index contributed by atoms with van der Waals surface area (Å²) in [6.07, 6.45) is 0. The predicted molar refractivity (Wildman–Crippen MR) is 422 cm³/mol. The molecule has 0 unspecified atom stereocenters. The maximum atomic E-state index is 6.93. The number of benzene rings is 17. The quantitative estimate of drug-likeness (QED) is 0.122. The van der Waals surface area contributed by atoms with Crippen molar-refractivity contribution in [2.75, 3.05) is 9.80 Å². The number of hydrogen-bond donors (Lipinski definition) is 0. The summed E-state index contributed by atoms with van der Waals surface area (Å²) < 4.78 is 13.7. The van der Waals surface area contributed by atoms with Crippen LogP contribution in [-0.2, 0) is 0 Å². The highest BCUT2D eigenvalue weighted by molar-refractivity contribution is 6.16. The number of hydrogen-bond acceptors (Lipinski definition) is 4. The number of nitrogens with zero attached hydrogens (tertiary/aromatic N) is 2. The van der Waals surface area contributed by atoms with Gasteiger partial charge in [-0.2, -0.15) is 0 Å². The molecule has 0 N–H and O–H groups in total. The lowest BCUT2D eigenvalue weighted by Crippen LogP contribution is -2.10. The van der Waals surface area contributed by atoms with Crippen molar-refractivity contribution in [1.29, 1.82) is 0 Å². The van der Waals surface area contributed by atoms with Crippen LogP contribution in [-0.4, -0.2) is 0 Å². The molecule has 4 heteroatoms. The Bertz CT molecular complexity index is 6210. The van der Waals surface area contributed by atoms with Gasteiger partial charge in [-0.15, -0.1) is 0 Å². The SMILES string of the molecule is c1ccc(-c2ccc(N(c3cccc(-c4cccc5c4oc4c(-c6cccc7ccccc67)cccc45)c3)c3ccc4ccccc4c3)cc2)cc1.c1ccc(-c2ccc(N(c3cccc(-c4cccc5c4oc4c(-c6ccccc6)cccc45)c3)c3ccc4ccccc4c3)cc2)cc1. The van der Waals surface area contributed by atoms with Gasteiger partial charge < -0.3 is 18.6 Å². The Morgan fingerprint density at radius 3 is 0.900 bits per heavy atom. The maximum Gasteiger partial charge on any atom is 0.143 e. The molecule has 470 valence electrons. The van der Waals surface area contributed by atoms with Crippen LogP contribution in [0.2, 0.25) is 0 Å². The van der Waals surface area contributed by atoms with Gasteiger partial charge in [0.25, 0.3) is 0 Å². The molecule has 100 heavy (non-hydrogen) atoms. The van der Waals surface area contributed by atoms with Gasteiger partial charge in [0.05, 0.1) is 0 Å². The van der Waals surface area contributed by atoms with E-state index in [1.807, 2.05) is 6.07 Å². The third kappa shape index (κ3) is 11.1. The summed E-state index contributed by atoms with van der Waals surface area (Å²) in [6, 6.07) is 138. The predicted octanol–water partition coefficient (Wildman–Crippen LogP) is 27.6. The van der Waals surface area contributed by atoms with E-state index in [9.17, 15) is 0 Å². The molecule has 0 aliphatic carbocycles. The highest BCUT2D eigenvalue weighted by atomic mass is 16.3. The van der Waals surface area contributed by atoms with Crippen molar-refractivity contribution in [3.8, 4) is 66.8 Å². The van der Waals surface area contributed by atoms with Crippen LogP contribution >= 0.6 is 0 Å². The molecule has 2 aromatic heterocycles. The van der Waals surface area contributed by atoms with Gasteiger partial charge in [0.2, 0.25) is 0 Å². The molecule has 0 amide bonds. The van der Waals surface area contributed by atoms with Gasteiger partial charge in [-0.1, -0.05) is 315 Å². The van der Waals surface area contributed by atoms with E-state index in [0.717, 1.165) is 117 Å². The topological polar surface area (TPSA) is 32.8 Å². The fraction of sp³-hybridized carbons (Fsp3) is 0. The number of furan rings is 2. The average Bonchev–Trinajstić information content (AvgIpc) is 1.58. The fourth-order valence-electron chi connectivity index (χ4n) is 14.6. The molecule has 0 radical (unpaired) electrons. The Hall–Kier alpha value is -13.3. The Morgan fingerprint density at radius 2 is 0.440 bits per heavy atom. The molecule has 2 heterocycles. The van der Waals surface area contributed by atoms with Crippen molar-refractivity contribution in [2.45, 2.75) is 0 Å². The molecule has 19 aromatic rings. The molecule has 19 rings (SSSR count). The van der Waals surface area contributed by atoms with Crippen LogP contribution in [0.15, 0.2) is 397 Å². The zero-order valence-electron chi connectivity index (χ0n) is 54.7. The van der Waals surface area contributed by atoms with E-state index < -0.39 is 0 Å². The number of anilines is 6. The summed E-state index contributed by atoms with van der Waals surface area (Å²) in [5.74, 6) is 0. The van der Waals surface area contributed by atoms with Gasteiger partial charge >= 0.3 is 0 Å². The monoisotopic (exact) mass is 1280 g/mol. The third-order valence-electron chi connectivity index (χ3n) is 19.5. The molecule has 17 aromatic carbocycles. The molecule has 0 aliphatic rings. The van der Waals surface area contributed by atoms with Gasteiger partial charge in [0.15, 0.2) is 0 Å². The van der Waals surface area contributed by atoms with Crippen LogP contribution in [0, 0.1) is 0 Å². The minimum atomic E-state index is 0.895. The molecule has 4 nitrogen and oxygen atoms in total. The number of fused-ring (bicyclic) bond motifs is 9. The average molecular weight is 1280 g/mol. The Labute approximate surface area is 580 Å². The Morgan fingerprint density at radius 1 is 0.150 bits per heavy atom. The molecular formula is C96H64N2O2. The lowest BCUT2D eigenvalue weighted by Gasteiger charge is -2.26. The molecular weight excluding hydrogens is 1210 g/mol. The van der Waals surface area contributed by atoms with E-state index in [2.05, 4.69) is 392 Å². The zero-order valence-corrected chi connectivity index (χ0v) is 54.7. The van der Waals surface area contributed by atoms with E-state index in [0.29, 0.717) is 0 Å².